The summed E-state index contributed by atoms with van der Waals surface area (Å²) in [6, 6.07) is 10.5. The monoisotopic (exact) mass is 475 g/mol. The van der Waals surface area contributed by atoms with Gasteiger partial charge in [0.2, 0.25) is 0 Å². The van der Waals surface area contributed by atoms with Crippen LogP contribution in [0.1, 0.15) is 27.3 Å². The fourth-order valence-corrected chi connectivity index (χ4v) is 3.39. The van der Waals surface area contributed by atoms with Crippen molar-refractivity contribution in [2.24, 2.45) is 0 Å². The molecule has 0 spiro atoms. The van der Waals surface area contributed by atoms with Crippen molar-refractivity contribution >= 4 is 23.1 Å². The van der Waals surface area contributed by atoms with E-state index in [9.17, 15) is 32.9 Å². The molecule has 12 heteroatoms. The molecule has 0 aliphatic rings. The maximum absolute atomic E-state index is 13.0. The minimum absolute atomic E-state index is 0.00349. The fourth-order valence-electron chi connectivity index (χ4n) is 3.39. The van der Waals surface area contributed by atoms with Crippen molar-refractivity contribution in [2.45, 2.75) is 20.0 Å². The molecule has 0 aliphatic carbocycles. The number of amides is 1. The summed E-state index contributed by atoms with van der Waals surface area (Å²) in [5.74, 6) is -1.82. The zero-order valence-electron chi connectivity index (χ0n) is 18.1. The summed E-state index contributed by atoms with van der Waals surface area (Å²) in [6.45, 7) is 3.08. The number of hydrogen-bond donors (Lipinski definition) is 2. The first-order valence-corrected chi connectivity index (χ1v) is 10.0. The van der Waals surface area contributed by atoms with Gasteiger partial charge >= 0.3 is 6.18 Å². The lowest BCUT2D eigenvalue weighted by Crippen LogP contribution is -2.35. The molecule has 9 nitrogen and oxygen atoms in total. The highest BCUT2D eigenvalue weighted by atomic mass is 19.4. The van der Waals surface area contributed by atoms with Gasteiger partial charge in [-0.3, -0.25) is 19.7 Å². The molecule has 3 aromatic rings. The number of Topliss-reactive ketones (excluding diaryl/α,β-unsaturated/α-hetero) is 1. The number of ketones is 1. The first kappa shape index (κ1) is 24.4. The zero-order chi connectivity index (χ0) is 25.0. The quantitative estimate of drug-likeness (QED) is 0.168. The maximum Gasteiger partial charge on any atom is 0.416 e. The molecule has 2 N–H and O–H groups in total. The molecule has 0 unspecified atom stereocenters. The predicted octanol–water partition coefficient (Wildman–Crippen LogP) is 3.83. The number of benzene rings is 2. The highest BCUT2D eigenvalue weighted by Crippen LogP contribution is 2.31. The Morgan fingerprint density at radius 2 is 1.79 bits per heavy atom. The van der Waals surface area contributed by atoms with Crippen LogP contribution < -0.4 is 10.6 Å². The summed E-state index contributed by atoms with van der Waals surface area (Å²) in [7, 11) is 0. The Balaban J connectivity index is 1.69. The third-order valence-corrected chi connectivity index (χ3v) is 4.97. The Kier molecular flexibility index (Phi) is 6.99. The topological polar surface area (TPSA) is 119 Å². The van der Waals surface area contributed by atoms with Gasteiger partial charge in [0, 0.05) is 19.2 Å². The van der Waals surface area contributed by atoms with Gasteiger partial charge < -0.3 is 10.6 Å². The number of carbonyl (C=O) groups is 2. The van der Waals surface area contributed by atoms with E-state index in [1.807, 2.05) is 0 Å². The van der Waals surface area contributed by atoms with Crippen molar-refractivity contribution in [1.29, 1.82) is 0 Å². The molecule has 0 radical (unpaired) electrons. The van der Waals surface area contributed by atoms with Gasteiger partial charge in [0.15, 0.2) is 0 Å². The van der Waals surface area contributed by atoms with Gasteiger partial charge in [0.05, 0.1) is 33.1 Å². The zero-order valence-corrected chi connectivity index (χ0v) is 18.1. The highest BCUT2D eigenvalue weighted by molar-refractivity contribution is 6.43. The number of nitrogens with one attached hydrogen (secondary N) is 2. The normalized spacial score (nSPS) is 11.2. The number of carbonyl (C=O) groups excluding carboxylic acids is 2. The smallest absolute Gasteiger partial charge is 0.378 e. The number of para-hydroxylation sites is 2. The average molecular weight is 475 g/mol. The van der Waals surface area contributed by atoms with Crippen molar-refractivity contribution in [1.82, 2.24) is 15.1 Å². The Hall–Kier alpha value is -4.22. The van der Waals surface area contributed by atoms with Crippen LogP contribution in [0.5, 0.6) is 0 Å². The van der Waals surface area contributed by atoms with E-state index in [4.69, 9.17) is 0 Å². The van der Waals surface area contributed by atoms with E-state index < -0.39 is 28.4 Å². The third-order valence-electron chi connectivity index (χ3n) is 4.97. The number of aromatic nitrogens is 2. The van der Waals surface area contributed by atoms with E-state index in [0.29, 0.717) is 0 Å². The molecular formula is C22H20F3N5O4. The summed E-state index contributed by atoms with van der Waals surface area (Å²) in [5, 5.41) is 20.4. The lowest BCUT2D eigenvalue weighted by atomic mass is 10.1. The van der Waals surface area contributed by atoms with Crippen LogP contribution in [-0.4, -0.2) is 39.5 Å². The van der Waals surface area contributed by atoms with Gasteiger partial charge in [0.25, 0.3) is 17.4 Å². The van der Waals surface area contributed by atoms with Crippen LogP contribution in [0.4, 0.5) is 24.5 Å². The van der Waals surface area contributed by atoms with Crippen LogP contribution in [0.15, 0.2) is 48.5 Å². The van der Waals surface area contributed by atoms with Crippen LogP contribution in [0.2, 0.25) is 0 Å². The standard InChI is InChI=1S/C22H20F3N5O4/c1-13-19(14(2)29(28-13)16-7-5-6-15(12-16)22(23,24)25)20(31)21(32)27-11-10-26-17-8-3-4-9-18(17)30(33)34/h3-9,12,26H,10-11H2,1-2H3,(H,27,32). The number of nitro benzene ring substituents is 1. The minimum Gasteiger partial charge on any atom is -0.378 e. The summed E-state index contributed by atoms with van der Waals surface area (Å²) in [4.78, 5) is 35.6. The fraction of sp³-hybridized carbons (Fsp3) is 0.227. The molecule has 178 valence electrons. The van der Waals surface area contributed by atoms with Gasteiger partial charge in [-0.05, 0) is 38.1 Å². The number of alkyl halides is 3. The second-order valence-electron chi connectivity index (χ2n) is 7.29. The van der Waals surface area contributed by atoms with Crippen LogP contribution in [0.3, 0.4) is 0 Å². The second-order valence-corrected chi connectivity index (χ2v) is 7.29. The summed E-state index contributed by atoms with van der Waals surface area (Å²) in [6.07, 6.45) is -4.54. The molecule has 3 rings (SSSR count). The number of aryl methyl sites for hydroxylation is 1. The van der Waals surface area contributed by atoms with Crippen molar-refractivity contribution < 1.29 is 27.7 Å². The van der Waals surface area contributed by atoms with Crippen molar-refractivity contribution in [2.75, 3.05) is 18.4 Å². The van der Waals surface area contributed by atoms with Crippen molar-refractivity contribution in [3.05, 3.63) is 81.2 Å². The average Bonchev–Trinajstić information content (AvgIpc) is 3.09. The lowest BCUT2D eigenvalue weighted by Gasteiger charge is -2.10. The van der Waals surface area contributed by atoms with Gasteiger partial charge in [0.1, 0.15) is 5.69 Å². The van der Waals surface area contributed by atoms with Crippen LogP contribution in [-0.2, 0) is 11.0 Å². The molecule has 0 saturated heterocycles. The van der Waals surface area contributed by atoms with Crippen LogP contribution in [0, 0.1) is 24.0 Å². The Labute approximate surface area is 191 Å². The number of anilines is 1. The maximum atomic E-state index is 13.0. The molecule has 34 heavy (non-hydrogen) atoms. The van der Waals surface area contributed by atoms with E-state index in [2.05, 4.69) is 15.7 Å². The molecule has 0 saturated carbocycles. The van der Waals surface area contributed by atoms with Gasteiger partial charge in [-0.25, -0.2) is 4.68 Å². The van der Waals surface area contributed by atoms with Gasteiger partial charge in [-0.15, -0.1) is 0 Å². The minimum atomic E-state index is -4.54. The SMILES string of the molecule is Cc1nn(-c2cccc(C(F)(F)F)c2)c(C)c1C(=O)C(=O)NCCNc1ccccc1[N+](=O)[O-]. The van der Waals surface area contributed by atoms with E-state index in [1.54, 1.807) is 6.07 Å². The first-order chi connectivity index (χ1) is 16.0. The molecule has 1 amide bonds. The second kappa shape index (κ2) is 9.73. The van der Waals surface area contributed by atoms with Gasteiger partial charge in [-0.2, -0.15) is 18.3 Å². The Bertz CT molecular complexity index is 1250. The molecule has 1 aromatic heterocycles. The highest BCUT2D eigenvalue weighted by Gasteiger charge is 2.31. The Morgan fingerprint density at radius 1 is 1.09 bits per heavy atom. The van der Waals surface area contributed by atoms with E-state index in [-0.39, 0.29) is 47.1 Å². The summed E-state index contributed by atoms with van der Waals surface area (Å²) >= 11 is 0. The van der Waals surface area contributed by atoms with Crippen LogP contribution >= 0.6 is 0 Å². The van der Waals surface area contributed by atoms with E-state index in [0.717, 1.165) is 12.1 Å². The molecule has 0 fully saturated rings. The Morgan fingerprint density at radius 3 is 2.47 bits per heavy atom. The molecule has 1 heterocycles. The predicted molar refractivity (Wildman–Crippen MR) is 117 cm³/mol. The number of nitro groups is 1. The number of nitrogens with zero attached hydrogens (tertiary/aromatic N) is 3. The molecular weight excluding hydrogens is 455 g/mol. The van der Waals surface area contributed by atoms with E-state index >= 15 is 0 Å². The molecule has 0 atom stereocenters. The summed E-state index contributed by atoms with van der Waals surface area (Å²) in [5.41, 5.74) is -0.233. The van der Waals surface area contributed by atoms with Crippen LogP contribution in [0.25, 0.3) is 5.69 Å². The lowest BCUT2D eigenvalue weighted by molar-refractivity contribution is -0.384. The first-order valence-electron chi connectivity index (χ1n) is 10.0. The number of hydrogen-bond acceptors (Lipinski definition) is 6. The van der Waals surface area contributed by atoms with E-state index in [1.165, 1.54) is 48.9 Å². The van der Waals surface area contributed by atoms with Crippen molar-refractivity contribution in [3.8, 4) is 5.69 Å². The summed E-state index contributed by atoms with van der Waals surface area (Å²) < 4.78 is 40.3. The number of rotatable bonds is 8. The molecule has 0 aliphatic heterocycles. The third kappa shape index (κ3) is 5.22. The van der Waals surface area contributed by atoms with Gasteiger partial charge in [-0.1, -0.05) is 18.2 Å². The molecule has 2 aromatic carbocycles. The molecule has 0 bridgehead atoms. The number of halogens is 3. The van der Waals surface area contributed by atoms with Crippen molar-refractivity contribution in [3.63, 3.8) is 0 Å². The largest absolute Gasteiger partial charge is 0.416 e.